The number of carbonyl (C=O) groups is 1. The molecule has 0 spiro atoms. The molecule has 1 aromatic carbocycles. The topological polar surface area (TPSA) is 74.2 Å². The van der Waals surface area contributed by atoms with E-state index in [0.717, 1.165) is 15.6 Å². The highest BCUT2D eigenvalue weighted by molar-refractivity contribution is 9.10. The van der Waals surface area contributed by atoms with Gasteiger partial charge in [-0.2, -0.15) is 0 Å². The van der Waals surface area contributed by atoms with Crippen LogP contribution in [0.1, 0.15) is 24.2 Å². The van der Waals surface area contributed by atoms with E-state index in [4.69, 9.17) is 0 Å². The molecule has 2 atom stereocenters. The number of hydrogen-bond donors (Lipinski definition) is 3. The standard InChI is InChI=1S/C16H18BrN3O2/c1-10-4-3-9-18-15(10)20-16(22)19-11(2)14(21)12-5-7-13(17)8-6-12/h3-9,11,14,21H,1-2H3,(H2,18,19,20,22)/t11-,14-/m1/s1. The number of urea groups is 1. The number of rotatable bonds is 4. The van der Waals surface area contributed by atoms with E-state index in [-0.39, 0.29) is 0 Å². The van der Waals surface area contributed by atoms with Gasteiger partial charge >= 0.3 is 6.03 Å². The molecular weight excluding hydrogens is 346 g/mol. The second-order valence-electron chi connectivity index (χ2n) is 5.05. The molecule has 1 heterocycles. The van der Waals surface area contributed by atoms with Crippen LogP contribution in [0.15, 0.2) is 47.1 Å². The minimum absolute atomic E-state index is 0.398. The molecule has 2 amide bonds. The van der Waals surface area contributed by atoms with Crippen LogP contribution in [-0.4, -0.2) is 22.2 Å². The van der Waals surface area contributed by atoms with E-state index in [2.05, 4.69) is 31.5 Å². The summed E-state index contributed by atoms with van der Waals surface area (Å²) in [7, 11) is 0. The van der Waals surface area contributed by atoms with E-state index in [1.165, 1.54) is 0 Å². The summed E-state index contributed by atoms with van der Waals surface area (Å²) in [5, 5.41) is 15.7. The van der Waals surface area contributed by atoms with Gasteiger partial charge in [0, 0.05) is 10.7 Å². The van der Waals surface area contributed by atoms with Crippen LogP contribution in [0.2, 0.25) is 0 Å². The number of hydrogen-bond acceptors (Lipinski definition) is 3. The van der Waals surface area contributed by atoms with Gasteiger partial charge in [-0.3, -0.25) is 5.32 Å². The molecule has 0 fully saturated rings. The smallest absolute Gasteiger partial charge is 0.320 e. The van der Waals surface area contributed by atoms with Crippen LogP contribution in [0.4, 0.5) is 10.6 Å². The summed E-state index contributed by atoms with van der Waals surface area (Å²) in [5.74, 6) is 0.505. The Morgan fingerprint density at radius 1 is 1.27 bits per heavy atom. The van der Waals surface area contributed by atoms with Crippen LogP contribution in [0.3, 0.4) is 0 Å². The van der Waals surface area contributed by atoms with E-state index >= 15 is 0 Å². The Hall–Kier alpha value is -1.92. The molecule has 0 aliphatic rings. The van der Waals surface area contributed by atoms with Crippen molar-refractivity contribution in [3.8, 4) is 0 Å². The summed E-state index contributed by atoms with van der Waals surface area (Å²) in [4.78, 5) is 16.1. The molecule has 116 valence electrons. The Labute approximate surface area is 137 Å². The quantitative estimate of drug-likeness (QED) is 0.779. The summed E-state index contributed by atoms with van der Waals surface area (Å²) < 4.78 is 0.937. The average molecular weight is 364 g/mol. The van der Waals surface area contributed by atoms with Crippen LogP contribution in [0, 0.1) is 6.92 Å². The third-order valence-corrected chi connectivity index (χ3v) is 3.81. The molecule has 3 N–H and O–H groups in total. The molecule has 1 aromatic heterocycles. The van der Waals surface area contributed by atoms with Gasteiger partial charge in [0.25, 0.3) is 0 Å². The summed E-state index contributed by atoms with van der Waals surface area (Å²) in [5.41, 5.74) is 1.61. The van der Waals surface area contributed by atoms with Crippen molar-refractivity contribution in [2.24, 2.45) is 0 Å². The first-order valence-electron chi connectivity index (χ1n) is 6.90. The molecule has 0 saturated heterocycles. The lowest BCUT2D eigenvalue weighted by Gasteiger charge is -2.21. The second-order valence-corrected chi connectivity index (χ2v) is 5.97. The van der Waals surface area contributed by atoms with Crippen LogP contribution in [-0.2, 0) is 0 Å². The number of halogens is 1. The maximum Gasteiger partial charge on any atom is 0.320 e. The van der Waals surface area contributed by atoms with E-state index in [0.29, 0.717) is 5.82 Å². The molecule has 5 nitrogen and oxygen atoms in total. The Balaban J connectivity index is 1.96. The largest absolute Gasteiger partial charge is 0.386 e. The van der Waals surface area contributed by atoms with Crippen molar-refractivity contribution >= 4 is 27.8 Å². The van der Waals surface area contributed by atoms with Gasteiger partial charge in [-0.1, -0.05) is 34.1 Å². The molecule has 2 rings (SSSR count). The van der Waals surface area contributed by atoms with Crippen LogP contribution < -0.4 is 10.6 Å². The minimum atomic E-state index is -0.788. The average Bonchev–Trinajstić information content (AvgIpc) is 2.49. The molecule has 2 aromatic rings. The number of amides is 2. The Bertz CT molecular complexity index is 646. The second kappa shape index (κ2) is 7.38. The minimum Gasteiger partial charge on any atom is -0.386 e. The summed E-state index contributed by atoms with van der Waals surface area (Å²) in [6, 6.07) is 10.2. The van der Waals surface area contributed by atoms with E-state index in [1.807, 2.05) is 37.3 Å². The number of aliphatic hydroxyl groups is 1. The number of nitrogens with one attached hydrogen (secondary N) is 2. The lowest BCUT2D eigenvalue weighted by molar-refractivity contribution is 0.139. The van der Waals surface area contributed by atoms with Gasteiger partial charge in [-0.05, 0) is 43.2 Å². The van der Waals surface area contributed by atoms with Crippen LogP contribution >= 0.6 is 15.9 Å². The van der Waals surface area contributed by atoms with E-state index in [1.54, 1.807) is 19.2 Å². The predicted octanol–water partition coefficient (Wildman–Crippen LogP) is 3.40. The summed E-state index contributed by atoms with van der Waals surface area (Å²) in [6.07, 6.45) is 0.826. The molecule has 22 heavy (non-hydrogen) atoms. The highest BCUT2D eigenvalue weighted by Crippen LogP contribution is 2.19. The number of anilines is 1. The molecule has 6 heteroatoms. The maximum atomic E-state index is 12.0. The molecule has 0 saturated carbocycles. The molecular formula is C16H18BrN3O2. The summed E-state index contributed by atoms with van der Waals surface area (Å²) >= 11 is 3.35. The molecule has 0 radical (unpaired) electrons. The zero-order valence-corrected chi connectivity index (χ0v) is 14.0. The van der Waals surface area contributed by atoms with E-state index in [9.17, 15) is 9.90 Å². The van der Waals surface area contributed by atoms with Crippen molar-refractivity contribution in [2.75, 3.05) is 5.32 Å². The zero-order chi connectivity index (χ0) is 16.1. The van der Waals surface area contributed by atoms with Gasteiger partial charge in [0.15, 0.2) is 0 Å². The predicted molar refractivity (Wildman–Crippen MR) is 89.7 cm³/mol. The fourth-order valence-corrected chi connectivity index (χ4v) is 2.26. The lowest BCUT2D eigenvalue weighted by Crippen LogP contribution is -2.40. The van der Waals surface area contributed by atoms with Crippen molar-refractivity contribution in [1.29, 1.82) is 0 Å². The van der Waals surface area contributed by atoms with Crippen molar-refractivity contribution in [2.45, 2.75) is 26.0 Å². The van der Waals surface area contributed by atoms with Gasteiger partial charge < -0.3 is 10.4 Å². The summed E-state index contributed by atoms with van der Waals surface area (Å²) in [6.45, 7) is 3.61. The number of aromatic nitrogens is 1. The van der Waals surface area contributed by atoms with Crippen LogP contribution in [0.25, 0.3) is 0 Å². The van der Waals surface area contributed by atoms with Gasteiger partial charge in [0.2, 0.25) is 0 Å². The van der Waals surface area contributed by atoms with Gasteiger partial charge in [-0.25, -0.2) is 9.78 Å². The molecule has 0 bridgehead atoms. The van der Waals surface area contributed by atoms with Crippen LogP contribution in [0.5, 0.6) is 0 Å². The van der Waals surface area contributed by atoms with E-state index < -0.39 is 18.2 Å². The third kappa shape index (κ3) is 4.29. The van der Waals surface area contributed by atoms with Crippen molar-refractivity contribution in [3.05, 3.63) is 58.2 Å². The number of benzene rings is 1. The number of aliphatic hydroxyl groups excluding tert-OH is 1. The van der Waals surface area contributed by atoms with Crippen molar-refractivity contribution < 1.29 is 9.90 Å². The third-order valence-electron chi connectivity index (χ3n) is 3.29. The fraction of sp³-hybridized carbons (Fsp3) is 0.250. The molecule has 0 unspecified atom stereocenters. The monoisotopic (exact) mass is 363 g/mol. The fourth-order valence-electron chi connectivity index (χ4n) is 1.99. The number of aryl methyl sites for hydroxylation is 1. The van der Waals surface area contributed by atoms with Gasteiger partial charge in [-0.15, -0.1) is 0 Å². The number of nitrogens with zero attached hydrogens (tertiary/aromatic N) is 1. The SMILES string of the molecule is Cc1cccnc1NC(=O)N[C@H](C)[C@@H](O)c1ccc(Br)cc1. The first kappa shape index (κ1) is 16.5. The highest BCUT2D eigenvalue weighted by atomic mass is 79.9. The lowest BCUT2D eigenvalue weighted by atomic mass is 10.0. The first-order valence-corrected chi connectivity index (χ1v) is 7.69. The van der Waals surface area contributed by atoms with Crippen molar-refractivity contribution in [1.82, 2.24) is 10.3 Å². The van der Waals surface area contributed by atoms with Crippen molar-refractivity contribution in [3.63, 3.8) is 0 Å². The van der Waals surface area contributed by atoms with Gasteiger partial charge in [0.05, 0.1) is 12.1 Å². The number of pyridine rings is 1. The maximum absolute atomic E-state index is 12.0. The number of carbonyl (C=O) groups excluding carboxylic acids is 1. The normalized spacial score (nSPS) is 13.3. The zero-order valence-electron chi connectivity index (χ0n) is 12.4. The Kier molecular flexibility index (Phi) is 5.51. The molecule has 0 aliphatic carbocycles. The highest BCUT2D eigenvalue weighted by Gasteiger charge is 2.18. The molecule has 0 aliphatic heterocycles. The Morgan fingerprint density at radius 3 is 2.59 bits per heavy atom. The van der Waals surface area contributed by atoms with Gasteiger partial charge in [0.1, 0.15) is 5.82 Å². The first-order chi connectivity index (χ1) is 10.5. The Morgan fingerprint density at radius 2 is 1.95 bits per heavy atom.